The van der Waals surface area contributed by atoms with Crippen molar-refractivity contribution in [3.05, 3.63) is 18.1 Å². The van der Waals surface area contributed by atoms with Crippen molar-refractivity contribution in [2.75, 3.05) is 18.0 Å². The van der Waals surface area contributed by atoms with Gasteiger partial charge in [0, 0.05) is 25.5 Å². The van der Waals surface area contributed by atoms with Gasteiger partial charge in [-0.3, -0.25) is 0 Å². The van der Waals surface area contributed by atoms with E-state index in [2.05, 4.69) is 20.9 Å². The molecule has 2 aliphatic heterocycles. The second-order valence-corrected chi connectivity index (χ2v) is 4.20. The van der Waals surface area contributed by atoms with E-state index in [9.17, 15) is 0 Å². The van der Waals surface area contributed by atoms with Crippen molar-refractivity contribution < 1.29 is 4.74 Å². The van der Waals surface area contributed by atoms with Gasteiger partial charge in [-0.2, -0.15) is 5.26 Å². The summed E-state index contributed by atoms with van der Waals surface area (Å²) in [6.45, 7) is 1.65. The predicted molar refractivity (Wildman–Crippen MR) is 56.9 cm³/mol. The molecule has 0 saturated carbocycles. The standard InChI is InChI=1S/C11H12N4O/c12-5-10-11(14-4-3-13-10)15-6-8-1-2-9(7-15)16-8/h3-4,8-9H,1-2,6-7H2. The molecule has 82 valence electrons. The molecule has 0 spiro atoms. The third-order valence-electron chi connectivity index (χ3n) is 3.13. The number of hydrogen-bond acceptors (Lipinski definition) is 5. The number of nitriles is 1. The zero-order chi connectivity index (χ0) is 11.0. The highest BCUT2D eigenvalue weighted by atomic mass is 16.5. The fourth-order valence-electron chi connectivity index (χ4n) is 2.43. The molecule has 0 aromatic carbocycles. The SMILES string of the molecule is N#Cc1nccnc1N1CC2CCC(C1)O2. The van der Waals surface area contributed by atoms with Crippen LogP contribution in [0, 0.1) is 11.3 Å². The zero-order valence-corrected chi connectivity index (χ0v) is 8.83. The number of nitrogens with zero attached hydrogens (tertiary/aromatic N) is 4. The molecule has 2 bridgehead atoms. The Hall–Kier alpha value is -1.67. The van der Waals surface area contributed by atoms with E-state index in [1.165, 1.54) is 0 Å². The normalized spacial score (nSPS) is 27.8. The highest BCUT2D eigenvalue weighted by Crippen LogP contribution is 2.29. The van der Waals surface area contributed by atoms with Crippen molar-refractivity contribution in [3.8, 4) is 6.07 Å². The lowest BCUT2D eigenvalue weighted by molar-refractivity contribution is 0.0302. The van der Waals surface area contributed by atoms with Gasteiger partial charge in [0.15, 0.2) is 11.5 Å². The molecule has 2 aliphatic rings. The summed E-state index contributed by atoms with van der Waals surface area (Å²) in [5.74, 6) is 0.699. The first kappa shape index (κ1) is 9.55. The lowest BCUT2D eigenvalue weighted by Gasteiger charge is -2.32. The highest BCUT2D eigenvalue weighted by molar-refractivity contribution is 5.50. The van der Waals surface area contributed by atoms with Crippen LogP contribution in [0.2, 0.25) is 0 Å². The van der Waals surface area contributed by atoms with Crippen LogP contribution in [0.3, 0.4) is 0 Å². The quantitative estimate of drug-likeness (QED) is 0.692. The van der Waals surface area contributed by atoms with Gasteiger partial charge >= 0.3 is 0 Å². The number of hydrogen-bond donors (Lipinski definition) is 0. The van der Waals surface area contributed by atoms with E-state index in [4.69, 9.17) is 10.00 Å². The monoisotopic (exact) mass is 216 g/mol. The van der Waals surface area contributed by atoms with Crippen LogP contribution in [0.15, 0.2) is 12.4 Å². The van der Waals surface area contributed by atoms with Gasteiger partial charge in [-0.05, 0) is 12.8 Å². The number of fused-ring (bicyclic) bond motifs is 2. The third kappa shape index (κ3) is 1.51. The summed E-state index contributed by atoms with van der Waals surface area (Å²) < 4.78 is 5.75. The molecule has 5 nitrogen and oxygen atoms in total. The molecule has 3 rings (SSSR count). The van der Waals surface area contributed by atoms with Crippen LogP contribution in [-0.4, -0.2) is 35.3 Å². The van der Waals surface area contributed by atoms with Crippen molar-refractivity contribution in [1.29, 1.82) is 5.26 Å². The van der Waals surface area contributed by atoms with Crippen molar-refractivity contribution in [1.82, 2.24) is 9.97 Å². The van der Waals surface area contributed by atoms with Crippen molar-refractivity contribution in [2.45, 2.75) is 25.0 Å². The minimum absolute atomic E-state index is 0.298. The van der Waals surface area contributed by atoms with Crippen LogP contribution in [-0.2, 0) is 4.74 Å². The van der Waals surface area contributed by atoms with E-state index in [0.717, 1.165) is 25.9 Å². The van der Waals surface area contributed by atoms with Gasteiger partial charge in [0.2, 0.25) is 0 Å². The van der Waals surface area contributed by atoms with Gasteiger partial charge in [-0.25, -0.2) is 9.97 Å². The lowest BCUT2D eigenvalue weighted by atomic mass is 10.2. The Morgan fingerprint density at radius 2 is 1.94 bits per heavy atom. The molecule has 0 N–H and O–H groups in total. The average Bonchev–Trinajstić information content (AvgIpc) is 2.68. The second kappa shape index (κ2) is 3.72. The highest BCUT2D eigenvalue weighted by Gasteiger charge is 2.35. The molecule has 0 aliphatic carbocycles. The van der Waals surface area contributed by atoms with Gasteiger partial charge in [-0.15, -0.1) is 0 Å². The van der Waals surface area contributed by atoms with Crippen LogP contribution in [0.5, 0.6) is 0 Å². The number of ether oxygens (including phenoxy) is 1. The van der Waals surface area contributed by atoms with E-state index >= 15 is 0 Å². The number of aromatic nitrogens is 2. The molecule has 0 radical (unpaired) electrons. The maximum absolute atomic E-state index is 8.99. The Morgan fingerprint density at radius 1 is 1.25 bits per heavy atom. The minimum Gasteiger partial charge on any atom is -0.371 e. The Bertz CT molecular complexity index is 430. The van der Waals surface area contributed by atoms with Gasteiger partial charge in [-0.1, -0.05) is 0 Å². The van der Waals surface area contributed by atoms with E-state index < -0.39 is 0 Å². The van der Waals surface area contributed by atoms with Gasteiger partial charge in [0.25, 0.3) is 0 Å². The number of rotatable bonds is 1. The summed E-state index contributed by atoms with van der Waals surface area (Å²) in [6.07, 6.45) is 6.01. The smallest absolute Gasteiger partial charge is 0.183 e. The summed E-state index contributed by atoms with van der Waals surface area (Å²) in [7, 11) is 0. The van der Waals surface area contributed by atoms with E-state index in [-0.39, 0.29) is 0 Å². The Balaban J connectivity index is 1.90. The average molecular weight is 216 g/mol. The zero-order valence-electron chi connectivity index (χ0n) is 8.83. The fraction of sp³-hybridized carbons (Fsp3) is 0.545. The van der Waals surface area contributed by atoms with Gasteiger partial charge in [0.1, 0.15) is 6.07 Å². The first-order valence-corrected chi connectivity index (χ1v) is 5.48. The largest absolute Gasteiger partial charge is 0.371 e. The van der Waals surface area contributed by atoms with E-state index in [1.54, 1.807) is 12.4 Å². The molecule has 3 heterocycles. The van der Waals surface area contributed by atoms with Crippen molar-refractivity contribution >= 4 is 5.82 Å². The minimum atomic E-state index is 0.298. The maximum Gasteiger partial charge on any atom is 0.183 e. The summed E-state index contributed by atoms with van der Waals surface area (Å²) in [6, 6.07) is 2.09. The predicted octanol–water partition coefficient (Wildman–Crippen LogP) is 0.716. The first-order valence-electron chi connectivity index (χ1n) is 5.48. The van der Waals surface area contributed by atoms with E-state index in [0.29, 0.717) is 23.7 Å². The number of morpholine rings is 1. The molecular formula is C11H12N4O. The molecule has 1 aromatic heterocycles. The fourth-order valence-corrected chi connectivity index (χ4v) is 2.43. The van der Waals surface area contributed by atoms with E-state index in [1.807, 2.05) is 0 Å². The lowest BCUT2D eigenvalue weighted by Crippen LogP contribution is -2.43. The Kier molecular flexibility index (Phi) is 2.22. The first-order chi connectivity index (χ1) is 7.86. The van der Waals surface area contributed by atoms with Crippen molar-refractivity contribution in [3.63, 3.8) is 0 Å². The molecule has 2 fully saturated rings. The third-order valence-corrected chi connectivity index (χ3v) is 3.13. The van der Waals surface area contributed by atoms with Crippen LogP contribution in [0.1, 0.15) is 18.5 Å². The van der Waals surface area contributed by atoms with Crippen molar-refractivity contribution in [2.24, 2.45) is 0 Å². The second-order valence-electron chi connectivity index (χ2n) is 4.20. The topological polar surface area (TPSA) is 62.0 Å². The Morgan fingerprint density at radius 3 is 2.62 bits per heavy atom. The van der Waals surface area contributed by atoms with Crippen LogP contribution >= 0.6 is 0 Å². The summed E-state index contributed by atoms with van der Waals surface area (Å²) >= 11 is 0. The van der Waals surface area contributed by atoms with Crippen LogP contribution in [0.4, 0.5) is 5.82 Å². The van der Waals surface area contributed by atoms with Gasteiger partial charge < -0.3 is 9.64 Å². The molecule has 0 amide bonds. The van der Waals surface area contributed by atoms with Crippen LogP contribution in [0.25, 0.3) is 0 Å². The molecule has 2 unspecified atom stereocenters. The van der Waals surface area contributed by atoms with Crippen LogP contribution < -0.4 is 4.90 Å². The molecule has 5 heteroatoms. The molecular weight excluding hydrogens is 204 g/mol. The summed E-state index contributed by atoms with van der Waals surface area (Å²) in [5.41, 5.74) is 0.406. The number of anilines is 1. The molecule has 16 heavy (non-hydrogen) atoms. The molecule has 1 aromatic rings. The summed E-state index contributed by atoms with van der Waals surface area (Å²) in [4.78, 5) is 10.4. The Labute approximate surface area is 93.7 Å². The maximum atomic E-state index is 8.99. The van der Waals surface area contributed by atoms with Gasteiger partial charge in [0.05, 0.1) is 12.2 Å². The molecule has 2 saturated heterocycles. The summed E-state index contributed by atoms with van der Waals surface area (Å²) in [5, 5.41) is 8.99. The molecule has 2 atom stereocenters.